The molecule has 1 amide bonds. The summed E-state index contributed by atoms with van der Waals surface area (Å²) >= 11 is 0. The molecule has 4 atom stereocenters. The third-order valence-corrected chi connectivity index (χ3v) is 4.94. The van der Waals surface area contributed by atoms with Crippen LogP contribution in [0.25, 0.3) is 0 Å². The molecule has 200 valence electrons. The summed E-state index contributed by atoms with van der Waals surface area (Å²) in [4.78, 5) is 48.2. The third-order valence-electron chi connectivity index (χ3n) is 4.94. The summed E-state index contributed by atoms with van der Waals surface area (Å²) in [5, 5.41) is 15.0. The smallest absolute Gasteiger partial charge is 0.407 e. The molecule has 2 N–H and O–H groups in total. The number of cyclic esters (lactones) is 1. The summed E-state index contributed by atoms with van der Waals surface area (Å²) in [6.45, 7) is 3.27. The summed E-state index contributed by atoms with van der Waals surface area (Å²) in [6, 6.07) is 17.5. The predicted molar refractivity (Wildman–Crippen MR) is 133 cm³/mol. The number of nitrogens with one attached hydrogen (secondary N) is 2. The van der Waals surface area contributed by atoms with Crippen LogP contribution in [0.3, 0.4) is 0 Å². The predicted octanol–water partition coefficient (Wildman–Crippen LogP) is 3.10. The van der Waals surface area contributed by atoms with Crippen LogP contribution in [-0.2, 0) is 33.3 Å². The molecule has 13 heteroatoms. The highest BCUT2D eigenvalue weighted by Gasteiger charge is 2.48. The molecule has 0 aromatic heterocycles. The molecule has 1 saturated heterocycles. The quantitative estimate of drug-likeness (QED) is 0.125. The van der Waals surface area contributed by atoms with Gasteiger partial charge in [0, 0.05) is 20.8 Å². The molecule has 1 aliphatic rings. The van der Waals surface area contributed by atoms with Crippen molar-refractivity contribution >= 4 is 41.2 Å². The van der Waals surface area contributed by atoms with Gasteiger partial charge in [-0.05, 0) is 24.3 Å². The van der Waals surface area contributed by atoms with Crippen LogP contribution < -0.4 is 10.7 Å². The summed E-state index contributed by atoms with van der Waals surface area (Å²) in [5.41, 5.74) is 3.82. The number of rotatable bonds is 9. The molecular weight excluding hydrogens is 498 g/mol. The molecule has 1 heterocycles. The Labute approximate surface area is 218 Å². The highest BCUT2D eigenvalue weighted by atomic mass is 16.6. The van der Waals surface area contributed by atoms with E-state index in [1.54, 1.807) is 54.6 Å². The minimum absolute atomic E-state index is 0.145. The van der Waals surface area contributed by atoms with Crippen LogP contribution in [-0.4, -0.2) is 60.8 Å². The Kier molecular flexibility index (Phi) is 9.86. The van der Waals surface area contributed by atoms with Crippen LogP contribution in [0.4, 0.5) is 16.2 Å². The first-order valence-electron chi connectivity index (χ1n) is 11.5. The number of carbonyl (C=O) groups excluding carboxylic acids is 4. The fourth-order valence-electron chi connectivity index (χ4n) is 3.46. The van der Waals surface area contributed by atoms with Crippen LogP contribution >= 0.6 is 0 Å². The van der Waals surface area contributed by atoms with Gasteiger partial charge in [-0.1, -0.05) is 36.4 Å². The molecule has 2 aromatic rings. The van der Waals surface area contributed by atoms with E-state index >= 15 is 0 Å². The van der Waals surface area contributed by atoms with Crippen LogP contribution in [0.2, 0.25) is 0 Å². The van der Waals surface area contributed by atoms with Crippen LogP contribution in [0.1, 0.15) is 20.8 Å². The Morgan fingerprint density at radius 1 is 0.947 bits per heavy atom. The van der Waals surface area contributed by atoms with Crippen molar-refractivity contribution in [3.05, 3.63) is 60.7 Å². The van der Waals surface area contributed by atoms with Crippen molar-refractivity contribution < 1.29 is 38.1 Å². The lowest BCUT2D eigenvalue weighted by Crippen LogP contribution is -2.60. The van der Waals surface area contributed by atoms with Crippen molar-refractivity contribution in [1.82, 2.24) is 5.32 Å². The molecule has 0 bridgehead atoms. The number of alkyl carbamates (subject to hydrolysis) is 1. The minimum Gasteiger partial charge on any atom is -0.457 e. The Morgan fingerprint density at radius 3 is 2.18 bits per heavy atom. The first kappa shape index (κ1) is 27.8. The summed E-state index contributed by atoms with van der Waals surface area (Å²) in [5.74, 6) is -2.47. The standard InChI is InChI=1S/C25H27N5O8/c1-15(31)35-20-14-26-25(34)38-21(20)22(36-16(2)32)23(37-17(3)33)24(29-27-18-10-6-4-7-11-18)30-28-19-12-8-5-9-13-19/h4-13,20-23,27H,14H2,1-3H3,(H,26,34)/b29-24-,30-28?/t20-,21+,22+,23-/m1/s1. The van der Waals surface area contributed by atoms with E-state index in [4.69, 9.17) is 18.9 Å². The fraction of sp³-hybridized carbons (Fsp3) is 0.320. The number of nitrogens with zero attached hydrogens (tertiary/aromatic N) is 3. The van der Waals surface area contributed by atoms with E-state index in [1.165, 1.54) is 6.92 Å². The Bertz CT molecular complexity index is 1190. The average Bonchev–Trinajstić information content (AvgIpc) is 2.88. The lowest BCUT2D eigenvalue weighted by atomic mass is 10.00. The zero-order chi connectivity index (χ0) is 27.5. The van der Waals surface area contributed by atoms with E-state index in [1.807, 2.05) is 6.07 Å². The van der Waals surface area contributed by atoms with E-state index in [0.29, 0.717) is 11.4 Å². The maximum atomic E-state index is 12.2. The first-order valence-corrected chi connectivity index (χ1v) is 11.5. The number of carbonyl (C=O) groups is 4. The van der Waals surface area contributed by atoms with Gasteiger partial charge in [-0.3, -0.25) is 19.8 Å². The molecule has 13 nitrogen and oxygen atoms in total. The number of azo groups is 1. The first-order chi connectivity index (χ1) is 18.2. The maximum absolute atomic E-state index is 12.2. The molecule has 3 rings (SSSR count). The molecule has 38 heavy (non-hydrogen) atoms. The molecule has 0 aliphatic carbocycles. The molecular formula is C25H27N5O8. The molecule has 0 spiro atoms. The van der Waals surface area contributed by atoms with Gasteiger partial charge < -0.3 is 24.3 Å². The monoisotopic (exact) mass is 525 g/mol. The number of esters is 3. The van der Waals surface area contributed by atoms with Crippen molar-refractivity contribution in [3.63, 3.8) is 0 Å². The number of ether oxygens (including phenoxy) is 4. The summed E-state index contributed by atoms with van der Waals surface area (Å²) in [7, 11) is 0. The van der Waals surface area contributed by atoms with Gasteiger partial charge in [0.05, 0.1) is 17.9 Å². The summed E-state index contributed by atoms with van der Waals surface area (Å²) < 4.78 is 21.6. The fourth-order valence-corrected chi connectivity index (χ4v) is 3.46. The van der Waals surface area contributed by atoms with Gasteiger partial charge in [0.15, 0.2) is 18.3 Å². The molecule has 0 radical (unpaired) electrons. The highest BCUT2D eigenvalue weighted by molar-refractivity contribution is 5.90. The molecule has 1 fully saturated rings. The second-order valence-electron chi connectivity index (χ2n) is 7.99. The Morgan fingerprint density at radius 2 is 1.58 bits per heavy atom. The van der Waals surface area contributed by atoms with E-state index in [2.05, 4.69) is 26.1 Å². The van der Waals surface area contributed by atoms with Gasteiger partial charge in [0.2, 0.25) is 11.9 Å². The van der Waals surface area contributed by atoms with Gasteiger partial charge in [-0.2, -0.15) is 5.10 Å². The highest BCUT2D eigenvalue weighted by Crippen LogP contribution is 2.24. The Balaban J connectivity index is 2.09. The normalized spacial score (nSPS) is 18.9. The van der Waals surface area contributed by atoms with Crippen LogP contribution in [0, 0.1) is 0 Å². The lowest BCUT2D eigenvalue weighted by Gasteiger charge is -2.37. The molecule has 0 unspecified atom stereocenters. The van der Waals surface area contributed by atoms with Gasteiger partial charge in [-0.15, -0.1) is 10.2 Å². The Hall–Kier alpha value is -4.81. The second kappa shape index (κ2) is 13.5. The van der Waals surface area contributed by atoms with E-state index in [0.717, 1.165) is 13.8 Å². The van der Waals surface area contributed by atoms with Crippen LogP contribution in [0.5, 0.6) is 0 Å². The topological polar surface area (TPSA) is 166 Å². The van der Waals surface area contributed by atoms with Crippen molar-refractivity contribution in [1.29, 1.82) is 0 Å². The number of anilines is 1. The average molecular weight is 526 g/mol. The zero-order valence-corrected chi connectivity index (χ0v) is 20.9. The number of para-hydroxylation sites is 1. The number of hydrogen-bond acceptors (Lipinski definition) is 11. The largest absolute Gasteiger partial charge is 0.457 e. The molecule has 0 saturated carbocycles. The number of hydrogen-bond donors (Lipinski definition) is 2. The van der Waals surface area contributed by atoms with Gasteiger partial charge >= 0.3 is 24.0 Å². The van der Waals surface area contributed by atoms with E-state index in [-0.39, 0.29) is 12.4 Å². The second-order valence-corrected chi connectivity index (χ2v) is 7.99. The van der Waals surface area contributed by atoms with Crippen LogP contribution in [0.15, 0.2) is 76.0 Å². The van der Waals surface area contributed by atoms with Gasteiger partial charge in [-0.25, -0.2) is 4.79 Å². The molecule has 2 aromatic carbocycles. The van der Waals surface area contributed by atoms with E-state index < -0.39 is 48.4 Å². The minimum atomic E-state index is -1.53. The zero-order valence-electron chi connectivity index (χ0n) is 20.9. The number of amides is 1. The SMILES string of the molecule is CC(=O)O[C@@H]([C@H]1OC(=O)NC[C@H]1OC(C)=O)[C@@H](OC(C)=O)/C(N=Nc1ccccc1)=N/Nc1ccccc1. The van der Waals surface area contributed by atoms with Gasteiger partial charge in [0.25, 0.3) is 0 Å². The maximum Gasteiger partial charge on any atom is 0.407 e. The third kappa shape index (κ3) is 8.40. The molecule has 1 aliphatic heterocycles. The van der Waals surface area contributed by atoms with E-state index in [9.17, 15) is 19.2 Å². The van der Waals surface area contributed by atoms with Crippen molar-refractivity contribution in [3.8, 4) is 0 Å². The number of amidine groups is 1. The number of hydrazone groups is 1. The summed E-state index contributed by atoms with van der Waals surface area (Å²) in [6.07, 6.45) is -6.38. The van der Waals surface area contributed by atoms with Crippen molar-refractivity contribution in [2.75, 3.05) is 12.0 Å². The van der Waals surface area contributed by atoms with Gasteiger partial charge in [0.1, 0.15) is 0 Å². The van der Waals surface area contributed by atoms with Crippen molar-refractivity contribution in [2.45, 2.75) is 45.2 Å². The lowest BCUT2D eigenvalue weighted by molar-refractivity contribution is -0.183. The van der Waals surface area contributed by atoms with Crippen molar-refractivity contribution in [2.24, 2.45) is 15.3 Å². The number of benzene rings is 2.